The standard InChI is InChI=1S/C17H27NO2/c1-13-6-5-9-17(12-13,18(2)3)16(20)11-14-7-4-8-15(19)10-14/h4,7-8,10,13,16,19-20H,5-6,9,11-12H2,1-3H3. The van der Waals surface area contributed by atoms with Crippen molar-refractivity contribution in [2.75, 3.05) is 14.1 Å². The molecule has 3 unspecified atom stereocenters. The fourth-order valence-electron chi connectivity index (χ4n) is 3.67. The van der Waals surface area contributed by atoms with Crippen molar-refractivity contribution in [2.45, 2.75) is 50.7 Å². The second kappa shape index (κ2) is 6.15. The van der Waals surface area contributed by atoms with E-state index in [2.05, 4.69) is 25.9 Å². The summed E-state index contributed by atoms with van der Waals surface area (Å²) in [5.41, 5.74) is 0.861. The molecule has 0 bridgehead atoms. The van der Waals surface area contributed by atoms with Gasteiger partial charge in [0, 0.05) is 12.0 Å². The fraction of sp³-hybridized carbons (Fsp3) is 0.647. The zero-order valence-electron chi connectivity index (χ0n) is 12.8. The summed E-state index contributed by atoms with van der Waals surface area (Å²) in [5.74, 6) is 0.926. The van der Waals surface area contributed by atoms with Gasteiger partial charge in [-0.05, 0) is 50.6 Å². The number of benzene rings is 1. The molecule has 1 fully saturated rings. The van der Waals surface area contributed by atoms with E-state index in [4.69, 9.17) is 0 Å². The van der Waals surface area contributed by atoms with Crippen LogP contribution in [0.25, 0.3) is 0 Å². The molecule has 2 N–H and O–H groups in total. The highest BCUT2D eigenvalue weighted by Crippen LogP contribution is 2.39. The lowest BCUT2D eigenvalue weighted by molar-refractivity contribution is -0.0424. The number of aromatic hydroxyl groups is 1. The topological polar surface area (TPSA) is 43.7 Å². The van der Waals surface area contributed by atoms with Crippen LogP contribution in [0.5, 0.6) is 5.75 Å². The molecule has 0 saturated heterocycles. The lowest BCUT2D eigenvalue weighted by atomic mass is 9.71. The second-order valence-electron chi connectivity index (χ2n) is 6.59. The first kappa shape index (κ1) is 15.3. The van der Waals surface area contributed by atoms with Crippen LogP contribution in [0, 0.1) is 5.92 Å². The molecule has 1 aliphatic rings. The van der Waals surface area contributed by atoms with E-state index in [9.17, 15) is 10.2 Å². The summed E-state index contributed by atoms with van der Waals surface area (Å²) in [5, 5.41) is 20.4. The minimum atomic E-state index is -0.401. The molecule has 0 aromatic heterocycles. The molecule has 20 heavy (non-hydrogen) atoms. The third-order valence-corrected chi connectivity index (χ3v) is 4.86. The van der Waals surface area contributed by atoms with E-state index in [0.29, 0.717) is 12.3 Å². The Hall–Kier alpha value is -1.06. The van der Waals surface area contributed by atoms with Crippen LogP contribution in [0.3, 0.4) is 0 Å². The van der Waals surface area contributed by atoms with E-state index in [1.54, 1.807) is 12.1 Å². The number of hydrogen-bond donors (Lipinski definition) is 2. The molecular weight excluding hydrogens is 250 g/mol. The van der Waals surface area contributed by atoms with E-state index in [1.807, 2.05) is 12.1 Å². The summed E-state index contributed by atoms with van der Waals surface area (Å²) in [6, 6.07) is 7.22. The van der Waals surface area contributed by atoms with Crippen molar-refractivity contribution in [1.29, 1.82) is 0 Å². The number of hydrogen-bond acceptors (Lipinski definition) is 3. The molecule has 3 heteroatoms. The second-order valence-corrected chi connectivity index (χ2v) is 6.59. The SMILES string of the molecule is CC1CCCC(C(O)Cc2cccc(O)c2)(N(C)C)C1. The van der Waals surface area contributed by atoms with E-state index >= 15 is 0 Å². The largest absolute Gasteiger partial charge is 0.508 e. The molecule has 2 rings (SSSR count). The van der Waals surface area contributed by atoms with Gasteiger partial charge in [-0.15, -0.1) is 0 Å². The minimum absolute atomic E-state index is 0.136. The highest BCUT2D eigenvalue weighted by molar-refractivity contribution is 5.28. The predicted octanol–water partition coefficient (Wildman–Crippen LogP) is 2.81. The Bertz CT molecular complexity index is 446. The minimum Gasteiger partial charge on any atom is -0.508 e. The van der Waals surface area contributed by atoms with Crippen LogP contribution < -0.4 is 0 Å². The zero-order chi connectivity index (χ0) is 14.8. The van der Waals surface area contributed by atoms with Gasteiger partial charge < -0.3 is 15.1 Å². The molecule has 1 aromatic carbocycles. The quantitative estimate of drug-likeness (QED) is 0.889. The number of aliphatic hydroxyl groups is 1. The molecule has 0 spiro atoms. The average molecular weight is 277 g/mol. The molecule has 1 aliphatic carbocycles. The van der Waals surface area contributed by atoms with Crippen molar-refractivity contribution in [3.8, 4) is 5.75 Å². The summed E-state index contributed by atoms with van der Waals surface area (Å²) < 4.78 is 0. The van der Waals surface area contributed by atoms with Crippen molar-refractivity contribution < 1.29 is 10.2 Å². The molecule has 0 aliphatic heterocycles. The monoisotopic (exact) mass is 277 g/mol. The first-order valence-corrected chi connectivity index (χ1v) is 7.57. The predicted molar refractivity (Wildman–Crippen MR) is 81.9 cm³/mol. The number of rotatable bonds is 4. The fourth-order valence-corrected chi connectivity index (χ4v) is 3.67. The van der Waals surface area contributed by atoms with Crippen molar-refractivity contribution in [1.82, 2.24) is 4.90 Å². The van der Waals surface area contributed by atoms with E-state index in [1.165, 1.54) is 12.8 Å². The summed E-state index contributed by atoms with van der Waals surface area (Å²) in [6.07, 6.45) is 4.72. The van der Waals surface area contributed by atoms with Gasteiger partial charge in [0.1, 0.15) is 5.75 Å². The van der Waals surface area contributed by atoms with E-state index in [-0.39, 0.29) is 11.3 Å². The van der Waals surface area contributed by atoms with E-state index in [0.717, 1.165) is 18.4 Å². The maximum absolute atomic E-state index is 10.8. The van der Waals surface area contributed by atoms with Crippen molar-refractivity contribution in [3.05, 3.63) is 29.8 Å². The van der Waals surface area contributed by atoms with Gasteiger partial charge in [-0.2, -0.15) is 0 Å². The number of phenolic OH excluding ortho intramolecular Hbond substituents is 1. The average Bonchev–Trinajstić information content (AvgIpc) is 2.38. The Kier molecular flexibility index (Phi) is 4.71. The maximum atomic E-state index is 10.8. The van der Waals surface area contributed by atoms with Crippen molar-refractivity contribution >= 4 is 0 Å². The van der Waals surface area contributed by atoms with Crippen LogP contribution in [-0.4, -0.2) is 40.9 Å². The Morgan fingerprint density at radius 1 is 1.40 bits per heavy atom. The summed E-state index contributed by atoms with van der Waals surface area (Å²) in [7, 11) is 4.15. The lowest BCUT2D eigenvalue weighted by Gasteiger charge is -2.48. The van der Waals surface area contributed by atoms with E-state index < -0.39 is 6.10 Å². The van der Waals surface area contributed by atoms with Gasteiger partial charge in [0.2, 0.25) is 0 Å². The van der Waals surface area contributed by atoms with Gasteiger partial charge in [0.25, 0.3) is 0 Å². The normalized spacial score (nSPS) is 28.6. The Balaban J connectivity index is 2.17. The highest BCUT2D eigenvalue weighted by Gasteiger charge is 2.42. The molecule has 1 saturated carbocycles. The smallest absolute Gasteiger partial charge is 0.115 e. The molecule has 0 radical (unpaired) electrons. The summed E-state index contributed by atoms with van der Waals surface area (Å²) in [6.45, 7) is 2.28. The first-order chi connectivity index (χ1) is 9.44. The Labute approximate surface area is 122 Å². The summed E-state index contributed by atoms with van der Waals surface area (Å²) >= 11 is 0. The molecule has 0 heterocycles. The third kappa shape index (κ3) is 3.15. The number of phenols is 1. The number of nitrogens with zero attached hydrogens (tertiary/aromatic N) is 1. The van der Waals surface area contributed by atoms with Gasteiger partial charge >= 0.3 is 0 Å². The van der Waals surface area contributed by atoms with Crippen LogP contribution in [0.1, 0.15) is 38.2 Å². The molecule has 0 amide bonds. The maximum Gasteiger partial charge on any atom is 0.115 e. The zero-order valence-corrected chi connectivity index (χ0v) is 12.8. The highest BCUT2D eigenvalue weighted by atomic mass is 16.3. The number of aliphatic hydroxyl groups excluding tert-OH is 1. The van der Waals surface area contributed by atoms with Gasteiger partial charge in [-0.1, -0.05) is 31.9 Å². The molecule has 1 aromatic rings. The van der Waals surface area contributed by atoms with Gasteiger partial charge in [0.15, 0.2) is 0 Å². The van der Waals surface area contributed by atoms with Crippen molar-refractivity contribution in [3.63, 3.8) is 0 Å². The Morgan fingerprint density at radius 3 is 2.75 bits per heavy atom. The van der Waals surface area contributed by atoms with Crippen molar-refractivity contribution in [2.24, 2.45) is 5.92 Å². The lowest BCUT2D eigenvalue weighted by Crippen LogP contribution is -2.56. The van der Waals surface area contributed by atoms with Crippen LogP contribution in [0.4, 0.5) is 0 Å². The number of likely N-dealkylation sites (N-methyl/N-ethyl adjacent to an activating group) is 1. The molecule has 112 valence electrons. The van der Waals surface area contributed by atoms with Crippen LogP contribution >= 0.6 is 0 Å². The van der Waals surface area contributed by atoms with Crippen LogP contribution in [0.15, 0.2) is 24.3 Å². The first-order valence-electron chi connectivity index (χ1n) is 7.57. The third-order valence-electron chi connectivity index (χ3n) is 4.86. The molecule has 3 atom stereocenters. The van der Waals surface area contributed by atoms with Crippen LogP contribution in [0.2, 0.25) is 0 Å². The molecular formula is C17H27NO2. The Morgan fingerprint density at radius 2 is 2.15 bits per heavy atom. The van der Waals surface area contributed by atoms with Crippen LogP contribution in [-0.2, 0) is 6.42 Å². The van der Waals surface area contributed by atoms with Gasteiger partial charge in [0.05, 0.1) is 6.10 Å². The van der Waals surface area contributed by atoms with Gasteiger partial charge in [-0.25, -0.2) is 0 Å². The van der Waals surface area contributed by atoms with Gasteiger partial charge in [-0.3, -0.25) is 0 Å². The molecule has 3 nitrogen and oxygen atoms in total. The summed E-state index contributed by atoms with van der Waals surface area (Å²) in [4.78, 5) is 2.20.